The van der Waals surface area contributed by atoms with E-state index in [1.807, 2.05) is 109 Å². The van der Waals surface area contributed by atoms with Gasteiger partial charge in [-0.15, -0.1) is 0 Å². The van der Waals surface area contributed by atoms with Gasteiger partial charge in [0.2, 0.25) is 0 Å². The number of hydrogen-bond donors (Lipinski definition) is 8. The van der Waals surface area contributed by atoms with Crippen molar-refractivity contribution in [2.45, 2.75) is 75.5 Å². The fraction of sp³-hybridized carbons (Fsp3) is 0.234. The summed E-state index contributed by atoms with van der Waals surface area (Å²) >= 11 is 0. The molecule has 0 radical (unpaired) electrons. The second-order valence-corrected chi connectivity index (χ2v) is 27.7. The molecule has 0 aliphatic heterocycles. The van der Waals surface area contributed by atoms with Gasteiger partial charge in [-0.25, -0.2) is 35.1 Å². The molecule has 12 rings (SSSR count). The van der Waals surface area contributed by atoms with Crippen LogP contribution in [0.4, 0.5) is 35.1 Å². The third-order valence-electron chi connectivity index (χ3n) is 18.6. The summed E-state index contributed by atoms with van der Waals surface area (Å²) in [5.41, 5.74) is 59.1. The number of halogens is 8. The largest absolute Gasteiger partial charge is 0.497 e. The molecule has 608 valence electrons. The number of benzene rings is 12. The van der Waals surface area contributed by atoms with Gasteiger partial charge in [-0.05, 0) is 336 Å². The molecular weight excluding hydrogens is 1490 g/mol. The molecule has 4 atom stereocenters. The zero-order valence-corrected chi connectivity index (χ0v) is 65.0. The molecule has 0 saturated carbocycles. The van der Waals surface area contributed by atoms with E-state index in [9.17, 15) is 35.1 Å². The molecule has 0 heterocycles. The Labute approximate surface area is 673 Å². The molecule has 14 nitrogen and oxygen atoms in total. The fourth-order valence-corrected chi connectivity index (χ4v) is 12.3. The maximum absolute atomic E-state index is 13.7. The van der Waals surface area contributed by atoms with Gasteiger partial charge >= 0.3 is 0 Å². The van der Waals surface area contributed by atoms with Gasteiger partial charge < -0.3 is 74.3 Å². The van der Waals surface area contributed by atoms with Crippen molar-refractivity contribution in [3.63, 3.8) is 0 Å². The Morgan fingerprint density at radius 1 is 0.224 bits per heavy atom. The van der Waals surface area contributed by atoms with Crippen LogP contribution in [0.15, 0.2) is 255 Å². The van der Waals surface area contributed by atoms with Crippen LogP contribution >= 0.6 is 0 Å². The van der Waals surface area contributed by atoms with Crippen molar-refractivity contribution in [3.8, 4) is 124 Å². The first kappa shape index (κ1) is 88.5. The minimum atomic E-state index is -0.989. The lowest BCUT2D eigenvalue weighted by Gasteiger charge is -2.15. The molecular formula is C94H100F8N8O6. The van der Waals surface area contributed by atoms with E-state index in [0.29, 0.717) is 91.9 Å². The molecule has 12 aromatic rings. The summed E-state index contributed by atoms with van der Waals surface area (Å²) in [4.78, 5) is 0. The average Bonchev–Trinajstić information content (AvgIpc) is 0.821. The molecule has 0 fully saturated rings. The molecule has 0 aromatic heterocycles. The highest BCUT2D eigenvalue weighted by molar-refractivity contribution is 5.79. The quantitative estimate of drug-likeness (QED) is 0.0174. The van der Waals surface area contributed by atoms with Gasteiger partial charge in [0.05, 0.1) is 14.2 Å². The van der Waals surface area contributed by atoms with Crippen molar-refractivity contribution in [2.24, 2.45) is 45.9 Å². The Kier molecular flexibility index (Phi) is 34.8. The molecule has 0 aliphatic rings. The van der Waals surface area contributed by atoms with Gasteiger partial charge in [-0.1, -0.05) is 84.9 Å². The van der Waals surface area contributed by atoms with Crippen LogP contribution in [-0.2, 0) is 0 Å². The standard InChI is InChI=1S/C25H30N2O3.C23H22F4N2O.2C23H24F2N2O/c1-28-23-9-5-18(6-10-23)20-14-21(19-7-11-24(29-2)12-8-19)16-25(15-20)30-17-22(27)4-3-13-26;24-20-5-3-14(11-22(20)26)16-8-17(15-4-6-21(25)23(27)12-15)10-19(9-16)30-13-18(29)2-1-7-28;24-20-6-1-4-16(11-20)18-10-19(17-5-2-7-21(25)12-17)14-23(13-18)28-15-22(27)8-3-9-26;24-20-7-3-16(4-8-20)18-12-19(17-5-9-21(25)10-6-17)14-23(13-18)28-15-22(27)2-1-11-26/h5-12,14-16,22H,3-4,13,17,26-27H2,1-2H3;3-6,8-12,18H,1-2,7,13,28-29H2;1-2,4-7,10-14,22H,3,8-9,15,26-27H2;3-10,12-14,22H,1-2,11,15,26-27H2/t22-;18-;2*22-/m0110/s1. The van der Waals surface area contributed by atoms with Crippen LogP contribution < -0.4 is 74.3 Å². The second-order valence-electron chi connectivity index (χ2n) is 27.7. The van der Waals surface area contributed by atoms with Crippen molar-refractivity contribution < 1.29 is 63.5 Å². The Balaban J connectivity index is 0.000000177. The van der Waals surface area contributed by atoms with Crippen molar-refractivity contribution >= 4 is 0 Å². The molecule has 12 aromatic carbocycles. The van der Waals surface area contributed by atoms with E-state index < -0.39 is 23.3 Å². The van der Waals surface area contributed by atoms with E-state index in [0.717, 1.165) is 153 Å². The molecule has 0 aliphatic carbocycles. The summed E-state index contributed by atoms with van der Waals surface area (Å²) in [6.45, 7) is 3.74. The predicted molar refractivity (Wildman–Crippen MR) is 449 cm³/mol. The van der Waals surface area contributed by atoms with Crippen LogP contribution in [0.3, 0.4) is 0 Å². The van der Waals surface area contributed by atoms with Crippen molar-refractivity contribution in [2.75, 3.05) is 66.8 Å². The Morgan fingerprint density at radius 2 is 0.457 bits per heavy atom. The minimum Gasteiger partial charge on any atom is -0.497 e. The second kappa shape index (κ2) is 45.6. The molecule has 0 amide bonds. The van der Waals surface area contributed by atoms with E-state index in [4.69, 9.17) is 74.3 Å². The lowest BCUT2D eigenvalue weighted by Crippen LogP contribution is -2.28. The van der Waals surface area contributed by atoms with Crippen molar-refractivity contribution in [1.29, 1.82) is 0 Å². The summed E-state index contributed by atoms with van der Waals surface area (Å²) < 4.78 is 142. The zero-order chi connectivity index (χ0) is 82.9. The predicted octanol–water partition coefficient (Wildman–Crippen LogP) is 19.0. The van der Waals surface area contributed by atoms with E-state index in [1.165, 1.54) is 60.7 Å². The van der Waals surface area contributed by atoms with Gasteiger partial charge in [0.25, 0.3) is 0 Å². The van der Waals surface area contributed by atoms with Crippen LogP contribution in [-0.4, -0.2) is 91.0 Å². The average molecular weight is 1590 g/mol. The van der Waals surface area contributed by atoms with Gasteiger partial charge in [0.1, 0.15) is 84.2 Å². The molecule has 22 heteroatoms. The van der Waals surface area contributed by atoms with Crippen LogP contribution in [0.2, 0.25) is 0 Å². The number of ether oxygens (including phenoxy) is 6. The summed E-state index contributed by atoms with van der Waals surface area (Å²) in [7, 11) is 3.33. The summed E-state index contributed by atoms with van der Waals surface area (Å²) in [5.74, 6) is -1.00. The molecule has 0 unspecified atom stereocenters. The van der Waals surface area contributed by atoms with E-state index in [1.54, 1.807) is 68.8 Å². The third-order valence-corrected chi connectivity index (χ3v) is 18.6. The summed E-state index contributed by atoms with van der Waals surface area (Å²) in [6.07, 6.45) is 6.45. The van der Waals surface area contributed by atoms with Crippen LogP contribution in [0.1, 0.15) is 51.4 Å². The van der Waals surface area contributed by atoms with Crippen molar-refractivity contribution in [3.05, 3.63) is 301 Å². The van der Waals surface area contributed by atoms with Crippen LogP contribution in [0.5, 0.6) is 34.5 Å². The Morgan fingerprint density at radius 3 is 0.690 bits per heavy atom. The Hall–Kier alpha value is -11.4. The van der Waals surface area contributed by atoms with Gasteiger partial charge in [-0.3, -0.25) is 0 Å². The van der Waals surface area contributed by atoms with E-state index in [-0.39, 0.29) is 54.0 Å². The number of methoxy groups -OCH3 is 2. The first-order valence-electron chi connectivity index (χ1n) is 38.3. The van der Waals surface area contributed by atoms with Gasteiger partial charge in [-0.2, -0.15) is 0 Å². The fourth-order valence-electron chi connectivity index (χ4n) is 12.3. The lowest BCUT2D eigenvalue weighted by molar-refractivity contribution is 0.281. The van der Waals surface area contributed by atoms with Gasteiger partial charge in [0, 0.05) is 24.2 Å². The first-order valence-corrected chi connectivity index (χ1v) is 38.3. The first-order chi connectivity index (χ1) is 56.1. The monoisotopic (exact) mass is 1590 g/mol. The summed E-state index contributed by atoms with van der Waals surface area (Å²) in [6, 6.07) is 70.4. The number of hydrogen-bond acceptors (Lipinski definition) is 14. The topological polar surface area (TPSA) is 264 Å². The molecule has 0 saturated heterocycles. The lowest BCUT2D eigenvalue weighted by atomic mass is 9.98. The van der Waals surface area contributed by atoms with Crippen LogP contribution in [0, 0.1) is 46.5 Å². The molecule has 0 spiro atoms. The minimum absolute atomic E-state index is 0.0392. The Bertz CT molecular complexity index is 4770. The number of nitrogens with two attached hydrogens (primary N) is 8. The highest BCUT2D eigenvalue weighted by Crippen LogP contribution is 2.38. The highest BCUT2D eigenvalue weighted by atomic mass is 19.2. The molecule has 0 bridgehead atoms. The zero-order valence-electron chi connectivity index (χ0n) is 65.0. The smallest absolute Gasteiger partial charge is 0.159 e. The summed E-state index contributed by atoms with van der Waals surface area (Å²) in [5, 5.41) is 0. The highest BCUT2D eigenvalue weighted by Gasteiger charge is 2.17. The van der Waals surface area contributed by atoms with Gasteiger partial charge in [0.15, 0.2) is 23.3 Å². The van der Waals surface area contributed by atoms with E-state index in [2.05, 4.69) is 6.07 Å². The number of rotatable bonds is 34. The maximum atomic E-state index is 13.7. The SMILES string of the molecule is COc1ccc(-c2cc(OC[C@@H](N)CCCN)cc(-c3ccc(OC)cc3)c2)cc1.NCCC[C@@H](N)COc1cc(-c2ccc(F)c(F)c2)cc(-c2ccc(F)c(F)c2)c1.NCCC[C@@H](N)COc1cc(-c2cccc(F)c2)cc(-c2cccc(F)c2)c1.NCCC[C@H](N)COc1cc(-c2ccc(F)cc2)cc(-c2ccc(F)cc2)c1. The van der Waals surface area contributed by atoms with Crippen LogP contribution in [0.25, 0.3) is 89.0 Å². The molecule has 16 N–H and O–H groups in total. The maximum Gasteiger partial charge on any atom is 0.159 e. The molecule has 116 heavy (non-hydrogen) atoms. The normalized spacial score (nSPS) is 11.9. The third kappa shape index (κ3) is 27.9. The van der Waals surface area contributed by atoms with E-state index >= 15 is 0 Å². The van der Waals surface area contributed by atoms with Crippen molar-refractivity contribution in [1.82, 2.24) is 0 Å².